The molecule has 0 heterocycles. The normalized spacial score (nSPS) is 29.2. The third-order valence-corrected chi connectivity index (χ3v) is 8.49. The molecule has 2 unspecified atom stereocenters. The first-order valence-corrected chi connectivity index (χ1v) is 12.4. The Morgan fingerprint density at radius 3 is 2.43 bits per heavy atom. The van der Waals surface area contributed by atoms with Crippen LogP contribution < -0.4 is 11.1 Å². The standard InChI is InChI=1S/C23H22BrClFN3O8/c1-29(2)23(25)10-5-8-3-7-4-9(26)15(28-11(30)6-24)17(32)12(7)16(31)13(8)18(33)22(10,37)19(34)14(20(23)35)21(27)36/h4,8,10,31-32,35,37H,3,5-6H2,1-2H3,(H2,27,36)(H,28,30)/t8?,10?,22-,23-/m1/s1. The highest BCUT2D eigenvalue weighted by Crippen LogP contribution is 2.57. The molecule has 198 valence electrons. The van der Waals surface area contributed by atoms with Gasteiger partial charge in [-0.2, -0.15) is 0 Å². The van der Waals surface area contributed by atoms with Gasteiger partial charge in [0, 0.05) is 11.5 Å². The number of carbonyl (C=O) groups excluding carboxylic acids is 4. The lowest BCUT2D eigenvalue weighted by Gasteiger charge is -2.53. The summed E-state index contributed by atoms with van der Waals surface area (Å²) in [6.07, 6.45) is -0.402. The lowest BCUT2D eigenvalue weighted by molar-refractivity contribution is -0.164. The number of hydrogen-bond donors (Lipinski definition) is 6. The Kier molecular flexibility index (Phi) is 6.43. The van der Waals surface area contributed by atoms with Crippen molar-refractivity contribution in [2.75, 3.05) is 24.7 Å². The maximum absolute atomic E-state index is 14.8. The molecule has 0 aliphatic heterocycles. The van der Waals surface area contributed by atoms with E-state index in [-0.39, 0.29) is 29.3 Å². The van der Waals surface area contributed by atoms with Crippen molar-refractivity contribution in [1.82, 2.24) is 4.90 Å². The zero-order valence-electron chi connectivity index (χ0n) is 19.4. The van der Waals surface area contributed by atoms with Crippen molar-refractivity contribution < 1.29 is 44.0 Å². The number of phenolic OH excluding ortho intramolecular Hbond substituents is 1. The van der Waals surface area contributed by atoms with Crippen LogP contribution in [-0.2, 0) is 25.6 Å². The number of carbonyl (C=O) groups is 4. The van der Waals surface area contributed by atoms with E-state index in [9.17, 15) is 44.0 Å². The summed E-state index contributed by atoms with van der Waals surface area (Å²) in [5.41, 5.74) is -0.175. The van der Waals surface area contributed by atoms with E-state index >= 15 is 0 Å². The highest BCUT2D eigenvalue weighted by Gasteiger charge is 2.69. The van der Waals surface area contributed by atoms with Crippen molar-refractivity contribution in [3.63, 3.8) is 0 Å². The molecule has 2 amide bonds. The molecule has 14 heteroatoms. The molecule has 4 rings (SSSR count). The minimum atomic E-state index is -3.01. The van der Waals surface area contributed by atoms with Crippen LogP contribution in [0.15, 0.2) is 23.0 Å². The van der Waals surface area contributed by atoms with Crippen LogP contribution in [0.2, 0.25) is 0 Å². The molecule has 37 heavy (non-hydrogen) atoms. The molecule has 0 aromatic heterocycles. The number of nitrogens with zero attached hydrogens (tertiary/aromatic N) is 1. The molecule has 1 saturated carbocycles. The van der Waals surface area contributed by atoms with Gasteiger partial charge in [-0.05, 0) is 44.5 Å². The number of nitrogens with one attached hydrogen (secondary N) is 1. The number of rotatable bonds is 4. The molecule has 0 bridgehead atoms. The molecule has 11 nitrogen and oxygen atoms in total. The van der Waals surface area contributed by atoms with E-state index in [0.29, 0.717) is 0 Å². The van der Waals surface area contributed by atoms with E-state index < -0.39 is 85.7 Å². The number of phenols is 1. The van der Waals surface area contributed by atoms with Crippen LogP contribution in [0.1, 0.15) is 17.5 Å². The van der Waals surface area contributed by atoms with Gasteiger partial charge in [0.15, 0.2) is 22.2 Å². The number of aliphatic hydroxyl groups excluding tert-OH is 2. The third-order valence-electron chi connectivity index (χ3n) is 7.20. The Balaban J connectivity index is 1.96. The predicted molar refractivity (Wildman–Crippen MR) is 131 cm³/mol. The molecule has 0 spiro atoms. The summed E-state index contributed by atoms with van der Waals surface area (Å²) in [6, 6.07) is 0.978. The van der Waals surface area contributed by atoms with Crippen LogP contribution in [0.4, 0.5) is 10.1 Å². The molecule has 1 aromatic rings. The maximum Gasteiger partial charge on any atom is 0.256 e. The summed E-state index contributed by atoms with van der Waals surface area (Å²) in [6.45, 7) is 0. The smallest absolute Gasteiger partial charge is 0.256 e. The van der Waals surface area contributed by atoms with E-state index in [1.165, 1.54) is 19.0 Å². The second kappa shape index (κ2) is 8.79. The van der Waals surface area contributed by atoms with E-state index in [1.807, 2.05) is 0 Å². The van der Waals surface area contributed by atoms with Crippen LogP contribution >= 0.6 is 27.5 Å². The summed E-state index contributed by atoms with van der Waals surface area (Å²) in [4.78, 5) is 50.0. The molecule has 3 aliphatic rings. The topological polar surface area (TPSA) is 190 Å². The lowest BCUT2D eigenvalue weighted by Crippen LogP contribution is -2.70. The first-order valence-electron chi connectivity index (χ1n) is 10.9. The molecule has 1 fully saturated rings. The van der Waals surface area contributed by atoms with E-state index in [0.717, 1.165) is 6.07 Å². The fourth-order valence-electron chi connectivity index (χ4n) is 5.50. The van der Waals surface area contributed by atoms with Gasteiger partial charge in [0.2, 0.25) is 17.5 Å². The molecule has 3 aliphatic carbocycles. The van der Waals surface area contributed by atoms with Gasteiger partial charge in [0.1, 0.15) is 22.8 Å². The number of aromatic hydroxyl groups is 1. The molecule has 4 atom stereocenters. The van der Waals surface area contributed by atoms with Gasteiger partial charge >= 0.3 is 0 Å². The zero-order chi connectivity index (χ0) is 27.8. The number of anilines is 1. The Morgan fingerprint density at radius 2 is 1.89 bits per heavy atom. The summed E-state index contributed by atoms with van der Waals surface area (Å²) >= 11 is 9.61. The number of likely N-dealkylation sites (N-methyl/N-ethyl adjacent to an activating group) is 1. The first kappa shape index (κ1) is 27.0. The Labute approximate surface area is 222 Å². The van der Waals surface area contributed by atoms with Gasteiger partial charge in [-0.3, -0.25) is 24.1 Å². The Morgan fingerprint density at radius 1 is 1.27 bits per heavy atom. The number of ketones is 2. The first-order chi connectivity index (χ1) is 17.1. The lowest BCUT2D eigenvalue weighted by atomic mass is 9.57. The maximum atomic E-state index is 14.8. The Bertz CT molecular complexity index is 1360. The number of aliphatic hydroxyl groups is 3. The monoisotopic (exact) mass is 601 g/mol. The SMILES string of the molecule is CN(C)[C@@]1(Cl)C(O)=C(C(N)=O)C(=O)[C@]2(O)C(=O)C3=C(O)c4c(cc(F)c(NC(=O)CBr)c4O)CC3CC21. The number of halogens is 3. The number of amides is 2. The highest BCUT2D eigenvalue weighted by molar-refractivity contribution is 9.09. The summed E-state index contributed by atoms with van der Waals surface area (Å²) in [5, 5.41) is 46.2. The second-order valence-electron chi connectivity index (χ2n) is 9.33. The van der Waals surface area contributed by atoms with Gasteiger partial charge in [0.25, 0.3) is 5.91 Å². The average molecular weight is 603 g/mol. The van der Waals surface area contributed by atoms with Crippen LogP contribution in [0.3, 0.4) is 0 Å². The summed E-state index contributed by atoms with van der Waals surface area (Å²) < 4.78 is 14.8. The van der Waals surface area contributed by atoms with Crippen LogP contribution in [-0.4, -0.2) is 78.7 Å². The van der Waals surface area contributed by atoms with Gasteiger partial charge in [-0.25, -0.2) is 4.39 Å². The Hall–Kier alpha value is -3.00. The van der Waals surface area contributed by atoms with Crippen molar-refractivity contribution in [3.05, 3.63) is 39.9 Å². The minimum absolute atomic E-state index is 0.0843. The number of hydrogen-bond acceptors (Lipinski definition) is 9. The van der Waals surface area contributed by atoms with E-state index in [2.05, 4.69) is 21.2 Å². The van der Waals surface area contributed by atoms with E-state index in [1.54, 1.807) is 0 Å². The number of benzene rings is 1. The van der Waals surface area contributed by atoms with Crippen LogP contribution in [0.5, 0.6) is 5.75 Å². The average Bonchev–Trinajstić information content (AvgIpc) is 2.81. The van der Waals surface area contributed by atoms with Gasteiger partial charge in [-0.15, -0.1) is 0 Å². The fourth-order valence-corrected chi connectivity index (χ4v) is 5.98. The zero-order valence-corrected chi connectivity index (χ0v) is 21.8. The third kappa shape index (κ3) is 3.51. The van der Waals surface area contributed by atoms with Crippen molar-refractivity contribution in [3.8, 4) is 5.75 Å². The highest BCUT2D eigenvalue weighted by atomic mass is 79.9. The summed E-state index contributed by atoms with van der Waals surface area (Å²) in [7, 11) is 2.77. The van der Waals surface area contributed by atoms with Gasteiger partial charge in [0.05, 0.1) is 10.9 Å². The quantitative estimate of drug-likeness (QED) is 0.0960. The minimum Gasteiger partial charge on any atom is -0.508 e. The van der Waals surface area contributed by atoms with Crippen molar-refractivity contribution in [2.24, 2.45) is 17.6 Å². The van der Waals surface area contributed by atoms with Crippen LogP contribution in [0, 0.1) is 17.7 Å². The number of nitrogens with two attached hydrogens (primary N) is 1. The predicted octanol–water partition coefficient (Wildman–Crippen LogP) is 1.00. The van der Waals surface area contributed by atoms with E-state index in [4.69, 9.17) is 17.3 Å². The number of alkyl halides is 2. The van der Waals surface area contributed by atoms with Gasteiger partial charge in [-0.1, -0.05) is 27.5 Å². The molecule has 1 aromatic carbocycles. The molecule has 7 N–H and O–H groups in total. The molecular weight excluding hydrogens is 581 g/mol. The van der Waals surface area contributed by atoms with Crippen LogP contribution in [0.25, 0.3) is 5.76 Å². The van der Waals surface area contributed by atoms with Gasteiger partial charge < -0.3 is 31.5 Å². The van der Waals surface area contributed by atoms with Crippen molar-refractivity contribution in [2.45, 2.75) is 23.4 Å². The molecule has 0 radical (unpaired) electrons. The number of fused-ring (bicyclic) bond motifs is 3. The van der Waals surface area contributed by atoms with Crippen molar-refractivity contribution in [1.29, 1.82) is 0 Å². The molecular formula is C23H22BrClFN3O8. The second-order valence-corrected chi connectivity index (χ2v) is 10.5. The largest absolute Gasteiger partial charge is 0.508 e. The summed E-state index contributed by atoms with van der Waals surface area (Å²) in [5.74, 6) is -11.0. The van der Waals surface area contributed by atoms with Crippen molar-refractivity contribution >= 4 is 62.4 Å². The molecule has 0 saturated heterocycles. The fraction of sp³-hybridized carbons (Fsp3) is 0.391. The number of primary amides is 1. The number of Topliss-reactive ketones (excluding diaryl/α,β-unsaturated/α-hetero) is 2.